The molecule has 0 aliphatic carbocycles. The van der Waals surface area contributed by atoms with E-state index in [1.165, 1.54) is 18.5 Å². The van der Waals surface area contributed by atoms with Crippen molar-refractivity contribution in [2.24, 2.45) is 0 Å². The number of nitrogens with zero attached hydrogens (tertiary/aromatic N) is 1. The molecular formula is C13H17N3O4S. The summed E-state index contributed by atoms with van der Waals surface area (Å²) in [4.78, 5) is 15.7. The summed E-state index contributed by atoms with van der Waals surface area (Å²) in [5.74, 6) is 4.47. The fraction of sp³-hybridized carbons (Fsp3) is 0.385. The van der Waals surface area contributed by atoms with Crippen molar-refractivity contribution in [3.8, 4) is 11.8 Å². The van der Waals surface area contributed by atoms with Gasteiger partial charge < -0.3 is 10.4 Å². The molecule has 0 aliphatic rings. The Morgan fingerprint density at radius 3 is 2.86 bits per heavy atom. The van der Waals surface area contributed by atoms with Gasteiger partial charge in [-0.05, 0) is 6.07 Å². The molecule has 0 saturated carbocycles. The van der Waals surface area contributed by atoms with E-state index in [0.29, 0.717) is 12.1 Å². The van der Waals surface area contributed by atoms with E-state index in [9.17, 15) is 13.2 Å². The van der Waals surface area contributed by atoms with E-state index in [1.54, 1.807) is 6.92 Å². The van der Waals surface area contributed by atoms with E-state index in [1.807, 2.05) is 0 Å². The van der Waals surface area contributed by atoms with Crippen molar-refractivity contribution >= 4 is 15.9 Å². The van der Waals surface area contributed by atoms with Crippen molar-refractivity contribution in [3.63, 3.8) is 0 Å². The molecule has 0 spiro atoms. The van der Waals surface area contributed by atoms with Gasteiger partial charge in [-0.2, -0.15) is 0 Å². The average molecular weight is 311 g/mol. The van der Waals surface area contributed by atoms with Gasteiger partial charge in [0.2, 0.25) is 10.0 Å². The number of amides is 1. The van der Waals surface area contributed by atoms with Gasteiger partial charge in [0.15, 0.2) is 0 Å². The zero-order valence-corrected chi connectivity index (χ0v) is 12.4. The molecule has 1 rings (SSSR count). The maximum absolute atomic E-state index is 11.9. The fourth-order valence-corrected chi connectivity index (χ4v) is 2.42. The number of sulfonamides is 1. The molecule has 114 valence electrons. The molecule has 0 aliphatic heterocycles. The molecule has 0 aromatic carbocycles. The monoisotopic (exact) mass is 311 g/mol. The van der Waals surface area contributed by atoms with Gasteiger partial charge in [-0.15, -0.1) is 0 Å². The first-order chi connectivity index (χ1) is 9.98. The standard InChI is InChI=1S/C13H17N3O4S/c1-2-16-21(19,20)7-5-15-13(18)12-8-11(4-3-6-17)9-14-10-12/h8-10,16-17H,2,5-7H2,1H3,(H,15,18). The minimum absolute atomic E-state index is 0.000707. The van der Waals surface area contributed by atoms with Crippen LogP contribution in [-0.2, 0) is 10.0 Å². The van der Waals surface area contributed by atoms with Crippen LogP contribution >= 0.6 is 0 Å². The minimum Gasteiger partial charge on any atom is -0.384 e. The predicted molar refractivity (Wildman–Crippen MR) is 78.0 cm³/mol. The van der Waals surface area contributed by atoms with Gasteiger partial charge in [0.05, 0.1) is 11.3 Å². The zero-order chi connectivity index (χ0) is 15.7. The van der Waals surface area contributed by atoms with E-state index in [0.717, 1.165) is 0 Å². The van der Waals surface area contributed by atoms with Gasteiger partial charge in [0.1, 0.15) is 6.61 Å². The van der Waals surface area contributed by atoms with Crippen LogP contribution in [0.4, 0.5) is 0 Å². The Bertz CT molecular complexity index is 647. The quantitative estimate of drug-likeness (QED) is 0.590. The van der Waals surface area contributed by atoms with Crippen molar-refractivity contribution in [1.29, 1.82) is 0 Å². The number of hydrogen-bond acceptors (Lipinski definition) is 5. The number of carbonyl (C=O) groups excluding carboxylic acids is 1. The van der Waals surface area contributed by atoms with Crippen LogP contribution in [0.2, 0.25) is 0 Å². The number of aliphatic hydroxyl groups excluding tert-OH is 1. The molecule has 0 fully saturated rings. The third-order valence-corrected chi connectivity index (χ3v) is 3.80. The second-order valence-electron chi connectivity index (χ2n) is 3.99. The summed E-state index contributed by atoms with van der Waals surface area (Å²) in [7, 11) is -3.36. The van der Waals surface area contributed by atoms with Crippen molar-refractivity contribution in [3.05, 3.63) is 29.6 Å². The van der Waals surface area contributed by atoms with Crippen LogP contribution in [0.5, 0.6) is 0 Å². The molecule has 1 aromatic heterocycles. The lowest BCUT2D eigenvalue weighted by atomic mass is 10.2. The normalized spacial score (nSPS) is 10.6. The smallest absolute Gasteiger partial charge is 0.252 e. The molecule has 21 heavy (non-hydrogen) atoms. The Labute approximate surface area is 123 Å². The first-order valence-corrected chi connectivity index (χ1v) is 7.94. The molecule has 0 radical (unpaired) electrons. The van der Waals surface area contributed by atoms with Crippen molar-refractivity contribution in [1.82, 2.24) is 15.0 Å². The zero-order valence-electron chi connectivity index (χ0n) is 11.6. The highest BCUT2D eigenvalue weighted by atomic mass is 32.2. The van der Waals surface area contributed by atoms with E-state index in [-0.39, 0.29) is 24.5 Å². The van der Waals surface area contributed by atoms with Gasteiger partial charge in [0.25, 0.3) is 5.91 Å². The van der Waals surface area contributed by atoms with Gasteiger partial charge in [-0.1, -0.05) is 18.8 Å². The highest BCUT2D eigenvalue weighted by Gasteiger charge is 2.10. The van der Waals surface area contributed by atoms with Crippen molar-refractivity contribution in [2.75, 3.05) is 25.4 Å². The van der Waals surface area contributed by atoms with E-state index in [2.05, 4.69) is 26.9 Å². The van der Waals surface area contributed by atoms with Gasteiger partial charge >= 0.3 is 0 Å². The molecule has 1 aromatic rings. The maximum Gasteiger partial charge on any atom is 0.252 e. The van der Waals surface area contributed by atoms with Crippen LogP contribution < -0.4 is 10.0 Å². The molecule has 1 amide bonds. The van der Waals surface area contributed by atoms with Crippen LogP contribution in [0, 0.1) is 11.8 Å². The number of carbonyl (C=O) groups is 1. The Kier molecular flexibility index (Phi) is 6.81. The lowest BCUT2D eigenvalue weighted by Crippen LogP contribution is -2.34. The minimum atomic E-state index is -3.36. The first-order valence-electron chi connectivity index (χ1n) is 6.29. The highest BCUT2D eigenvalue weighted by molar-refractivity contribution is 7.89. The third kappa shape index (κ3) is 6.35. The van der Waals surface area contributed by atoms with Crippen LogP contribution in [0.15, 0.2) is 18.5 Å². The van der Waals surface area contributed by atoms with E-state index >= 15 is 0 Å². The molecule has 0 atom stereocenters. The van der Waals surface area contributed by atoms with Crippen molar-refractivity contribution < 1.29 is 18.3 Å². The molecule has 0 unspecified atom stereocenters. The summed E-state index contributed by atoms with van der Waals surface area (Å²) in [6, 6.07) is 1.52. The van der Waals surface area contributed by atoms with Crippen molar-refractivity contribution in [2.45, 2.75) is 6.92 Å². The van der Waals surface area contributed by atoms with Gasteiger partial charge in [-0.3, -0.25) is 9.78 Å². The Morgan fingerprint density at radius 2 is 2.19 bits per heavy atom. The van der Waals surface area contributed by atoms with Gasteiger partial charge in [-0.25, -0.2) is 13.1 Å². The number of aliphatic hydroxyl groups is 1. The highest BCUT2D eigenvalue weighted by Crippen LogP contribution is 2.01. The largest absolute Gasteiger partial charge is 0.384 e. The Balaban J connectivity index is 2.60. The fourth-order valence-electron chi connectivity index (χ4n) is 1.47. The average Bonchev–Trinajstić information content (AvgIpc) is 2.45. The number of rotatable bonds is 6. The second kappa shape index (κ2) is 8.36. The van der Waals surface area contributed by atoms with Crippen LogP contribution in [0.1, 0.15) is 22.8 Å². The number of aromatic nitrogens is 1. The van der Waals surface area contributed by atoms with Gasteiger partial charge in [0, 0.05) is 31.0 Å². The molecule has 1 heterocycles. The predicted octanol–water partition coefficient (Wildman–Crippen LogP) is -0.905. The van der Waals surface area contributed by atoms with Crippen LogP contribution in [0.3, 0.4) is 0 Å². The molecule has 0 saturated heterocycles. The molecule has 7 nitrogen and oxygen atoms in total. The SMILES string of the molecule is CCNS(=O)(=O)CCNC(=O)c1cncc(C#CCO)c1. The molecule has 3 N–H and O–H groups in total. The van der Waals surface area contributed by atoms with Crippen LogP contribution in [-0.4, -0.2) is 49.9 Å². The summed E-state index contributed by atoms with van der Waals surface area (Å²) < 4.78 is 25.1. The summed E-state index contributed by atoms with van der Waals surface area (Å²) in [6.07, 6.45) is 2.83. The van der Waals surface area contributed by atoms with E-state index < -0.39 is 15.9 Å². The number of hydrogen-bond donors (Lipinski definition) is 3. The summed E-state index contributed by atoms with van der Waals surface area (Å²) in [5.41, 5.74) is 0.776. The molecule has 8 heteroatoms. The van der Waals surface area contributed by atoms with Crippen LogP contribution in [0.25, 0.3) is 0 Å². The number of pyridine rings is 1. The summed E-state index contributed by atoms with van der Waals surface area (Å²) in [5, 5.41) is 11.1. The lowest BCUT2D eigenvalue weighted by Gasteiger charge is -2.06. The Morgan fingerprint density at radius 1 is 1.43 bits per heavy atom. The first kappa shape index (κ1) is 17.1. The third-order valence-electron chi connectivity index (χ3n) is 2.33. The second-order valence-corrected chi connectivity index (χ2v) is 5.92. The summed E-state index contributed by atoms with van der Waals surface area (Å²) in [6.45, 7) is 1.71. The number of nitrogens with one attached hydrogen (secondary N) is 2. The maximum atomic E-state index is 11.9. The molecule has 0 bridgehead atoms. The lowest BCUT2D eigenvalue weighted by molar-refractivity contribution is 0.0955. The van der Waals surface area contributed by atoms with E-state index in [4.69, 9.17) is 5.11 Å². The molecular weight excluding hydrogens is 294 g/mol. The topological polar surface area (TPSA) is 108 Å². The summed E-state index contributed by atoms with van der Waals surface area (Å²) >= 11 is 0. The Hall–Kier alpha value is -1.95.